The van der Waals surface area contributed by atoms with Crippen LogP contribution in [0.25, 0.3) is 0 Å². The molecule has 0 saturated carbocycles. The first kappa shape index (κ1) is 17.5. The zero-order valence-electron chi connectivity index (χ0n) is 13.3. The van der Waals surface area contributed by atoms with Gasteiger partial charge in [0.1, 0.15) is 0 Å². The number of aliphatic carboxylic acids is 1. The van der Waals surface area contributed by atoms with E-state index in [0.29, 0.717) is 26.2 Å². The zero-order valence-corrected chi connectivity index (χ0v) is 13.3. The molecule has 0 aromatic rings. The van der Waals surface area contributed by atoms with Gasteiger partial charge in [-0.25, -0.2) is 4.79 Å². The van der Waals surface area contributed by atoms with E-state index in [-0.39, 0.29) is 18.0 Å². The Balaban J connectivity index is 2.53. The van der Waals surface area contributed by atoms with Gasteiger partial charge in [0.05, 0.1) is 6.42 Å². The van der Waals surface area contributed by atoms with Crippen LogP contribution < -0.4 is 0 Å². The third-order valence-electron chi connectivity index (χ3n) is 3.64. The molecule has 0 aromatic carbocycles. The second kappa shape index (κ2) is 7.45. The van der Waals surface area contributed by atoms with Crippen LogP contribution >= 0.6 is 0 Å². The Morgan fingerprint density at radius 1 is 1.24 bits per heavy atom. The summed E-state index contributed by atoms with van der Waals surface area (Å²) in [6.07, 6.45) is 1.89. The lowest BCUT2D eigenvalue weighted by Gasteiger charge is -2.41. The molecule has 0 spiro atoms. The van der Waals surface area contributed by atoms with E-state index in [1.54, 1.807) is 6.08 Å². The van der Waals surface area contributed by atoms with Gasteiger partial charge in [0, 0.05) is 44.8 Å². The lowest BCUT2D eigenvalue weighted by Crippen LogP contribution is -2.57. The van der Waals surface area contributed by atoms with Gasteiger partial charge in [-0.1, -0.05) is 6.08 Å². The minimum absolute atomic E-state index is 0.0280. The van der Waals surface area contributed by atoms with Crippen molar-refractivity contribution in [3.05, 3.63) is 12.7 Å². The Labute approximate surface area is 127 Å². The van der Waals surface area contributed by atoms with Crippen molar-refractivity contribution in [3.63, 3.8) is 0 Å². The maximum atomic E-state index is 12.6. The molecule has 120 valence electrons. The molecule has 21 heavy (non-hydrogen) atoms. The number of nitrogens with zero attached hydrogens (tertiary/aromatic N) is 3. The van der Waals surface area contributed by atoms with E-state index in [4.69, 9.17) is 5.11 Å². The summed E-state index contributed by atoms with van der Waals surface area (Å²) in [5.74, 6) is -0.779. The number of piperazine rings is 1. The third-order valence-corrected chi connectivity index (χ3v) is 3.64. The number of carbonyl (C=O) groups is 2. The quantitative estimate of drug-likeness (QED) is 0.781. The highest BCUT2D eigenvalue weighted by atomic mass is 16.4. The van der Waals surface area contributed by atoms with Crippen molar-refractivity contribution in [1.82, 2.24) is 14.7 Å². The Morgan fingerprint density at radius 3 is 2.24 bits per heavy atom. The van der Waals surface area contributed by atoms with Gasteiger partial charge in [0.2, 0.25) is 0 Å². The number of carboxylic acid groups (broad SMARTS) is 1. The van der Waals surface area contributed by atoms with Crippen molar-refractivity contribution in [2.75, 3.05) is 39.3 Å². The van der Waals surface area contributed by atoms with Crippen LogP contribution in [-0.4, -0.2) is 76.6 Å². The fourth-order valence-electron chi connectivity index (χ4n) is 2.36. The molecule has 0 atom stereocenters. The van der Waals surface area contributed by atoms with E-state index in [9.17, 15) is 9.59 Å². The van der Waals surface area contributed by atoms with E-state index in [1.165, 1.54) is 0 Å². The molecule has 0 unspecified atom stereocenters. The van der Waals surface area contributed by atoms with E-state index >= 15 is 0 Å². The lowest BCUT2D eigenvalue weighted by molar-refractivity contribution is -0.137. The second-order valence-electron chi connectivity index (χ2n) is 6.33. The van der Waals surface area contributed by atoms with Gasteiger partial charge in [-0.3, -0.25) is 9.69 Å². The molecule has 6 nitrogen and oxygen atoms in total. The molecule has 1 aliphatic heterocycles. The number of hydrogen-bond acceptors (Lipinski definition) is 3. The predicted molar refractivity (Wildman–Crippen MR) is 82.3 cm³/mol. The minimum atomic E-state index is -0.779. The molecule has 1 N–H and O–H groups in total. The van der Waals surface area contributed by atoms with Crippen molar-refractivity contribution in [3.8, 4) is 0 Å². The molecular formula is C15H27N3O3. The van der Waals surface area contributed by atoms with Gasteiger partial charge in [0.25, 0.3) is 0 Å². The summed E-state index contributed by atoms with van der Waals surface area (Å²) in [5, 5.41) is 8.70. The first-order chi connectivity index (χ1) is 9.75. The second-order valence-corrected chi connectivity index (χ2v) is 6.33. The average molecular weight is 297 g/mol. The Kier molecular flexibility index (Phi) is 6.20. The van der Waals surface area contributed by atoms with Crippen molar-refractivity contribution in [1.29, 1.82) is 0 Å². The van der Waals surface area contributed by atoms with Gasteiger partial charge >= 0.3 is 12.0 Å². The van der Waals surface area contributed by atoms with Gasteiger partial charge in [-0.05, 0) is 20.8 Å². The van der Waals surface area contributed by atoms with E-state index in [1.807, 2.05) is 30.6 Å². The van der Waals surface area contributed by atoms with Crippen LogP contribution in [0.5, 0.6) is 0 Å². The van der Waals surface area contributed by atoms with Gasteiger partial charge in [-0.15, -0.1) is 6.58 Å². The van der Waals surface area contributed by atoms with Gasteiger partial charge < -0.3 is 14.9 Å². The molecule has 1 fully saturated rings. The zero-order chi connectivity index (χ0) is 16.0. The highest BCUT2D eigenvalue weighted by Crippen LogP contribution is 2.17. The Hall–Kier alpha value is -1.56. The topological polar surface area (TPSA) is 64.1 Å². The first-order valence-corrected chi connectivity index (χ1v) is 7.37. The highest BCUT2D eigenvalue weighted by Gasteiger charge is 2.30. The van der Waals surface area contributed by atoms with Gasteiger partial charge in [-0.2, -0.15) is 0 Å². The fraction of sp³-hybridized carbons (Fsp3) is 0.733. The maximum Gasteiger partial charge on any atom is 0.320 e. The van der Waals surface area contributed by atoms with Crippen molar-refractivity contribution in [2.45, 2.75) is 32.7 Å². The largest absolute Gasteiger partial charge is 0.481 e. The van der Waals surface area contributed by atoms with E-state index in [0.717, 1.165) is 13.1 Å². The maximum absolute atomic E-state index is 12.6. The normalized spacial score (nSPS) is 16.6. The number of amides is 2. The van der Waals surface area contributed by atoms with Crippen LogP contribution in [0, 0.1) is 0 Å². The number of carbonyl (C=O) groups excluding carboxylic acids is 1. The molecule has 0 radical (unpaired) electrons. The average Bonchev–Trinajstić information content (AvgIpc) is 2.41. The number of hydrogen-bond donors (Lipinski definition) is 1. The molecule has 2 amide bonds. The molecule has 6 heteroatoms. The SMILES string of the molecule is C=CCN(C(=O)N1CCN(CCC(=O)O)CC1)C(C)(C)C. The molecular weight excluding hydrogens is 270 g/mol. The van der Waals surface area contributed by atoms with Crippen LogP contribution in [0.4, 0.5) is 4.79 Å². The number of carboxylic acids is 1. The molecule has 1 heterocycles. The fourth-order valence-corrected chi connectivity index (χ4v) is 2.36. The summed E-state index contributed by atoms with van der Waals surface area (Å²) >= 11 is 0. The molecule has 0 aliphatic carbocycles. The third kappa shape index (κ3) is 5.38. The summed E-state index contributed by atoms with van der Waals surface area (Å²) < 4.78 is 0. The smallest absolute Gasteiger partial charge is 0.320 e. The molecule has 1 rings (SSSR count). The van der Waals surface area contributed by atoms with Crippen LogP contribution in [-0.2, 0) is 4.79 Å². The molecule has 1 saturated heterocycles. The van der Waals surface area contributed by atoms with E-state index in [2.05, 4.69) is 11.5 Å². The van der Waals surface area contributed by atoms with Crippen LogP contribution in [0.1, 0.15) is 27.2 Å². The molecule has 0 aromatic heterocycles. The number of urea groups is 1. The summed E-state index contributed by atoms with van der Waals surface area (Å²) in [5.41, 5.74) is -0.244. The van der Waals surface area contributed by atoms with Crippen molar-refractivity contribution >= 4 is 12.0 Å². The molecule has 0 bridgehead atoms. The Morgan fingerprint density at radius 2 is 1.81 bits per heavy atom. The van der Waals surface area contributed by atoms with E-state index < -0.39 is 5.97 Å². The van der Waals surface area contributed by atoms with Crippen molar-refractivity contribution < 1.29 is 14.7 Å². The standard InChI is InChI=1S/C15H27N3O3/c1-5-7-18(15(2,3)4)14(21)17-11-9-16(10-12-17)8-6-13(19)20/h5H,1,6-12H2,2-4H3,(H,19,20). The molecule has 1 aliphatic rings. The van der Waals surface area contributed by atoms with Crippen LogP contribution in [0.2, 0.25) is 0 Å². The van der Waals surface area contributed by atoms with Crippen LogP contribution in [0.3, 0.4) is 0 Å². The summed E-state index contributed by atoms with van der Waals surface area (Å²) in [4.78, 5) is 28.9. The summed E-state index contributed by atoms with van der Waals surface area (Å²) in [7, 11) is 0. The van der Waals surface area contributed by atoms with Gasteiger partial charge in [0.15, 0.2) is 0 Å². The summed E-state index contributed by atoms with van der Waals surface area (Å²) in [6, 6.07) is 0.0280. The van der Waals surface area contributed by atoms with Crippen LogP contribution in [0.15, 0.2) is 12.7 Å². The number of rotatable bonds is 5. The predicted octanol–water partition coefficient (Wildman–Crippen LogP) is 1.49. The Bertz CT molecular complexity index is 382. The lowest BCUT2D eigenvalue weighted by atomic mass is 10.1. The first-order valence-electron chi connectivity index (χ1n) is 7.37. The van der Waals surface area contributed by atoms with Crippen molar-refractivity contribution in [2.24, 2.45) is 0 Å². The minimum Gasteiger partial charge on any atom is -0.481 e. The summed E-state index contributed by atoms with van der Waals surface area (Å²) in [6.45, 7) is 13.6. The highest BCUT2D eigenvalue weighted by molar-refractivity contribution is 5.75. The monoisotopic (exact) mass is 297 g/mol.